The topological polar surface area (TPSA) is 87.8 Å². The fraction of sp³-hybridized carbons (Fsp3) is 0.250. The molecule has 8 heteroatoms. The average molecular weight is 398 g/mol. The lowest BCUT2D eigenvalue weighted by atomic mass is 10.1. The Hall–Kier alpha value is -2.90. The van der Waals surface area contributed by atoms with Crippen molar-refractivity contribution in [2.75, 3.05) is 0 Å². The van der Waals surface area contributed by atoms with Crippen molar-refractivity contribution in [3.05, 3.63) is 73.6 Å². The summed E-state index contributed by atoms with van der Waals surface area (Å²) in [6, 6.07) is 11.0. The number of rotatable bonds is 3. The van der Waals surface area contributed by atoms with Crippen LogP contribution in [0.2, 0.25) is 5.02 Å². The van der Waals surface area contributed by atoms with E-state index in [2.05, 4.69) is 4.98 Å². The Labute approximate surface area is 165 Å². The van der Waals surface area contributed by atoms with Gasteiger partial charge < -0.3 is 10.3 Å². The maximum absolute atomic E-state index is 13.1. The van der Waals surface area contributed by atoms with Crippen LogP contribution in [0, 0.1) is 0 Å². The van der Waals surface area contributed by atoms with E-state index in [-0.39, 0.29) is 18.1 Å². The second kappa shape index (κ2) is 6.61. The zero-order valence-corrected chi connectivity index (χ0v) is 16.6. The number of halogens is 1. The minimum absolute atomic E-state index is 0.155. The fourth-order valence-corrected chi connectivity index (χ4v) is 3.83. The van der Waals surface area contributed by atoms with Gasteiger partial charge in [0.2, 0.25) is 0 Å². The summed E-state index contributed by atoms with van der Waals surface area (Å²) in [4.78, 5) is 30.4. The molecule has 2 aromatic carbocycles. The van der Waals surface area contributed by atoms with Crippen molar-refractivity contribution in [2.45, 2.75) is 19.5 Å². The first kappa shape index (κ1) is 18.5. The van der Waals surface area contributed by atoms with Crippen LogP contribution in [0.4, 0.5) is 0 Å². The molecule has 0 amide bonds. The number of fused-ring (bicyclic) bond motifs is 2. The number of benzene rings is 2. The Bertz CT molecular complexity index is 1350. The summed E-state index contributed by atoms with van der Waals surface area (Å²) in [7, 11) is 3.35. The minimum atomic E-state index is -0.419. The van der Waals surface area contributed by atoms with Crippen molar-refractivity contribution >= 4 is 33.5 Å². The molecule has 4 aromatic rings. The third kappa shape index (κ3) is 2.75. The van der Waals surface area contributed by atoms with Crippen molar-refractivity contribution in [1.82, 2.24) is 18.7 Å². The highest BCUT2D eigenvalue weighted by atomic mass is 35.5. The van der Waals surface area contributed by atoms with Gasteiger partial charge in [-0.1, -0.05) is 35.9 Å². The Morgan fingerprint density at radius 1 is 1.14 bits per heavy atom. The lowest BCUT2D eigenvalue weighted by molar-refractivity contribution is 0.654. The van der Waals surface area contributed by atoms with Crippen LogP contribution in [0.15, 0.2) is 46.0 Å². The molecule has 1 unspecified atom stereocenters. The van der Waals surface area contributed by atoms with Crippen LogP contribution in [-0.2, 0) is 20.6 Å². The van der Waals surface area contributed by atoms with Gasteiger partial charge in [0, 0.05) is 24.5 Å². The Morgan fingerprint density at radius 2 is 1.89 bits per heavy atom. The Morgan fingerprint density at radius 3 is 2.61 bits per heavy atom. The number of hydrogen-bond acceptors (Lipinski definition) is 4. The van der Waals surface area contributed by atoms with Gasteiger partial charge in [-0.2, -0.15) is 0 Å². The number of aryl methyl sites for hydroxylation is 2. The van der Waals surface area contributed by atoms with Gasteiger partial charge in [-0.25, -0.2) is 9.78 Å². The van der Waals surface area contributed by atoms with Crippen molar-refractivity contribution in [1.29, 1.82) is 0 Å². The van der Waals surface area contributed by atoms with Crippen molar-refractivity contribution in [3.8, 4) is 0 Å². The van der Waals surface area contributed by atoms with Gasteiger partial charge in [-0.3, -0.25) is 13.9 Å². The second-order valence-corrected chi connectivity index (χ2v) is 7.43. The quantitative estimate of drug-likeness (QED) is 0.574. The third-order valence-electron chi connectivity index (χ3n) is 5.03. The van der Waals surface area contributed by atoms with E-state index < -0.39 is 5.69 Å². The lowest BCUT2D eigenvalue weighted by Crippen LogP contribution is -2.39. The molecule has 0 spiro atoms. The van der Waals surface area contributed by atoms with Crippen LogP contribution < -0.4 is 17.0 Å². The standard InChI is InChI=1S/C20H20ClN5O2/c1-11(22)17-23-18-16(24(17)2)19(27)26(20(28)25(18)3)10-12-7-8-14-13(9-12)5-4-6-15(14)21/h4-9,11H,10,22H2,1-3H3. The summed E-state index contributed by atoms with van der Waals surface area (Å²) in [5.41, 5.74) is 6.69. The average Bonchev–Trinajstić information content (AvgIpc) is 3.01. The van der Waals surface area contributed by atoms with E-state index in [1.54, 1.807) is 25.6 Å². The molecule has 2 heterocycles. The highest BCUT2D eigenvalue weighted by Crippen LogP contribution is 2.24. The number of nitrogens with two attached hydrogens (primary N) is 1. The molecule has 0 aliphatic rings. The predicted molar refractivity (Wildman–Crippen MR) is 111 cm³/mol. The summed E-state index contributed by atoms with van der Waals surface area (Å²) in [5.74, 6) is 0.556. The van der Waals surface area contributed by atoms with Crippen LogP contribution in [0.3, 0.4) is 0 Å². The number of hydrogen-bond donors (Lipinski definition) is 1. The summed E-state index contributed by atoms with van der Waals surface area (Å²) < 4.78 is 4.28. The van der Waals surface area contributed by atoms with Crippen molar-refractivity contribution in [3.63, 3.8) is 0 Å². The van der Waals surface area contributed by atoms with Gasteiger partial charge in [0.05, 0.1) is 12.6 Å². The van der Waals surface area contributed by atoms with Crippen LogP contribution in [-0.4, -0.2) is 18.7 Å². The Kier molecular flexibility index (Phi) is 4.36. The molecular weight excluding hydrogens is 378 g/mol. The van der Waals surface area contributed by atoms with Gasteiger partial charge in [0.25, 0.3) is 5.56 Å². The molecule has 0 bridgehead atoms. The molecule has 0 saturated heterocycles. The molecule has 0 saturated carbocycles. The zero-order valence-electron chi connectivity index (χ0n) is 15.8. The molecule has 1 atom stereocenters. The first-order valence-corrected chi connectivity index (χ1v) is 9.26. The SMILES string of the molecule is CC(N)c1nc2c(c(=O)n(Cc3ccc4c(Cl)cccc4c3)c(=O)n2C)n1C. The highest BCUT2D eigenvalue weighted by molar-refractivity contribution is 6.35. The first-order chi connectivity index (χ1) is 13.3. The van der Waals surface area contributed by atoms with Gasteiger partial charge in [0.15, 0.2) is 11.2 Å². The van der Waals surface area contributed by atoms with Crippen LogP contribution in [0.1, 0.15) is 24.4 Å². The van der Waals surface area contributed by atoms with E-state index in [9.17, 15) is 9.59 Å². The van der Waals surface area contributed by atoms with Crippen LogP contribution in [0.25, 0.3) is 21.9 Å². The summed E-state index contributed by atoms with van der Waals surface area (Å²) >= 11 is 6.22. The largest absolute Gasteiger partial charge is 0.332 e. The van der Waals surface area contributed by atoms with Gasteiger partial charge in [-0.05, 0) is 30.0 Å². The van der Waals surface area contributed by atoms with Crippen molar-refractivity contribution < 1.29 is 0 Å². The summed E-state index contributed by atoms with van der Waals surface area (Å²) in [6.07, 6.45) is 0. The maximum Gasteiger partial charge on any atom is 0.332 e. The fourth-order valence-electron chi connectivity index (χ4n) is 3.58. The molecule has 28 heavy (non-hydrogen) atoms. The minimum Gasteiger partial charge on any atom is -0.324 e. The van der Waals surface area contributed by atoms with E-state index in [0.29, 0.717) is 22.0 Å². The first-order valence-electron chi connectivity index (χ1n) is 8.88. The smallest absolute Gasteiger partial charge is 0.324 e. The summed E-state index contributed by atoms with van der Waals surface area (Å²) in [5, 5.41) is 2.55. The van der Waals surface area contributed by atoms with Crippen molar-refractivity contribution in [2.24, 2.45) is 19.8 Å². The van der Waals surface area contributed by atoms with E-state index in [4.69, 9.17) is 17.3 Å². The van der Waals surface area contributed by atoms with Crippen LogP contribution in [0.5, 0.6) is 0 Å². The van der Waals surface area contributed by atoms with E-state index >= 15 is 0 Å². The number of nitrogens with zero attached hydrogens (tertiary/aromatic N) is 4. The van der Waals surface area contributed by atoms with Gasteiger partial charge in [0.1, 0.15) is 5.82 Å². The van der Waals surface area contributed by atoms with Gasteiger partial charge >= 0.3 is 5.69 Å². The monoisotopic (exact) mass is 397 g/mol. The zero-order chi connectivity index (χ0) is 20.2. The molecule has 144 valence electrons. The molecule has 2 N–H and O–H groups in total. The molecule has 7 nitrogen and oxygen atoms in total. The normalized spacial score (nSPS) is 12.8. The molecule has 0 radical (unpaired) electrons. The van der Waals surface area contributed by atoms with Gasteiger partial charge in [-0.15, -0.1) is 0 Å². The molecule has 0 fully saturated rings. The van der Waals surface area contributed by atoms with E-state index in [1.807, 2.05) is 36.4 Å². The third-order valence-corrected chi connectivity index (χ3v) is 5.36. The maximum atomic E-state index is 13.1. The number of imidazole rings is 1. The van der Waals surface area contributed by atoms with Crippen LogP contribution >= 0.6 is 11.6 Å². The molecule has 4 rings (SSSR count). The molecular formula is C20H20ClN5O2. The van der Waals surface area contributed by atoms with E-state index in [1.165, 1.54) is 9.13 Å². The summed E-state index contributed by atoms with van der Waals surface area (Å²) in [6.45, 7) is 1.95. The highest BCUT2D eigenvalue weighted by Gasteiger charge is 2.20. The second-order valence-electron chi connectivity index (χ2n) is 7.02. The molecule has 0 aliphatic carbocycles. The molecule has 2 aromatic heterocycles. The number of aromatic nitrogens is 4. The Balaban J connectivity index is 1.91. The van der Waals surface area contributed by atoms with E-state index in [0.717, 1.165) is 16.3 Å². The predicted octanol–water partition coefficient (Wildman–Crippen LogP) is 2.31. The molecule has 0 aliphatic heterocycles. The lowest BCUT2D eigenvalue weighted by Gasteiger charge is -2.10.